The molecule has 1 aromatic rings. The van der Waals surface area contributed by atoms with Gasteiger partial charge in [-0.2, -0.15) is 0 Å². The van der Waals surface area contributed by atoms with Crippen LogP contribution in [0.1, 0.15) is 54.9 Å². The van der Waals surface area contributed by atoms with Gasteiger partial charge in [-0.05, 0) is 67.2 Å². The summed E-state index contributed by atoms with van der Waals surface area (Å²) in [6, 6.07) is 1.37. The normalized spacial score (nSPS) is 20.8. The van der Waals surface area contributed by atoms with Crippen molar-refractivity contribution in [2.24, 2.45) is 0 Å². The first kappa shape index (κ1) is 18.9. The van der Waals surface area contributed by atoms with Crippen molar-refractivity contribution in [1.29, 1.82) is 0 Å². The molecule has 1 fully saturated rings. The molecular weight excluding hydrogens is 382 g/mol. The van der Waals surface area contributed by atoms with Gasteiger partial charge in [0.15, 0.2) is 5.37 Å². The van der Waals surface area contributed by atoms with E-state index in [4.69, 9.17) is 0 Å². The number of amides is 4. The Morgan fingerprint density at radius 2 is 1.64 bits per heavy atom. The second-order valence-electron chi connectivity index (χ2n) is 7.61. The number of hydrogen-bond donors (Lipinski definition) is 2. The molecule has 2 aliphatic carbocycles. The van der Waals surface area contributed by atoms with Crippen LogP contribution < -0.4 is 10.0 Å². The van der Waals surface area contributed by atoms with Crippen LogP contribution in [0.3, 0.4) is 0 Å². The van der Waals surface area contributed by atoms with Crippen LogP contribution in [0.15, 0.2) is 6.07 Å². The molecule has 3 aliphatic rings. The number of anilines is 1. The van der Waals surface area contributed by atoms with Gasteiger partial charge in [0.05, 0.1) is 0 Å². The van der Waals surface area contributed by atoms with Gasteiger partial charge in [0, 0.05) is 19.0 Å². The van der Waals surface area contributed by atoms with Gasteiger partial charge in [0.1, 0.15) is 0 Å². The highest BCUT2D eigenvalue weighted by atomic mass is 32.2. The maximum Gasteiger partial charge on any atom is 0.332 e. The van der Waals surface area contributed by atoms with Crippen molar-refractivity contribution in [2.45, 2.75) is 63.7 Å². The Hall–Kier alpha value is -2.42. The van der Waals surface area contributed by atoms with E-state index in [-0.39, 0.29) is 12.8 Å². The zero-order valence-electron chi connectivity index (χ0n) is 15.7. The number of carbonyl (C=O) groups is 3. The number of likely N-dealkylation sites (tertiary alicyclic amines) is 1. The van der Waals surface area contributed by atoms with Crippen LogP contribution >= 0.6 is 0 Å². The first-order valence-corrected chi connectivity index (χ1v) is 11.1. The van der Waals surface area contributed by atoms with E-state index in [0.717, 1.165) is 62.3 Å². The summed E-state index contributed by atoms with van der Waals surface area (Å²) in [5.74, 6) is -1.18. The Balaban J connectivity index is 1.56. The van der Waals surface area contributed by atoms with Crippen LogP contribution in [0.5, 0.6) is 0 Å². The highest BCUT2D eigenvalue weighted by Crippen LogP contribution is 2.38. The van der Waals surface area contributed by atoms with Crippen molar-refractivity contribution in [1.82, 2.24) is 9.62 Å². The Morgan fingerprint density at radius 3 is 2.21 bits per heavy atom. The van der Waals surface area contributed by atoms with Gasteiger partial charge in [-0.15, -0.1) is 0 Å². The lowest BCUT2D eigenvalue weighted by atomic mass is 9.99. The van der Waals surface area contributed by atoms with Crippen molar-refractivity contribution in [3.8, 4) is 0 Å². The first-order chi connectivity index (χ1) is 13.3. The molecule has 150 valence electrons. The minimum atomic E-state index is -4.21. The number of aryl methyl sites for hydroxylation is 2. The summed E-state index contributed by atoms with van der Waals surface area (Å²) in [4.78, 5) is 36.7. The van der Waals surface area contributed by atoms with E-state index in [0.29, 0.717) is 4.90 Å². The third-order valence-electron chi connectivity index (χ3n) is 5.81. The molecule has 0 aromatic heterocycles. The third kappa shape index (κ3) is 3.17. The number of imide groups is 1. The van der Waals surface area contributed by atoms with Gasteiger partial charge in [-0.25, -0.2) is 17.9 Å². The maximum absolute atomic E-state index is 12.6. The number of rotatable bonds is 3. The molecule has 1 unspecified atom stereocenters. The number of fused-ring (bicyclic) bond motifs is 2. The van der Waals surface area contributed by atoms with E-state index >= 15 is 0 Å². The Kier molecular flexibility index (Phi) is 4.65. The largest absolute Gasteiger partial charge is 0.332 e. The molecule has 0 spiro atoms. The first-order valence-electron chi connectivity index (χ1n) is 9.59. The summed E-state index contributed by atoms with van der Waals surface area (Å²) in [5, 5.41) is 1.41. The zero-order chi connectivity index (χ0) is 20.1. The zero-order valence-corrected chi connectivity index (χ0v) is 16.5. The van der Waals surface area contributed by atoms with E-state index in [1.807, 2.05) is 4.72 Å². The molecule has 4 rings (SSSR count). The molecule has 1 saturated heterocycles. The van der Waals surface area contributed by atoms with Gasteiger partial charge < -0.3 is 5.32 Å². The lowest BCUT2D eigenvalue weighted by Gasteiger charge is -2.22. The van der Waals surface area contributed by atoms with Gasteiger partial charge >= 0.3 is 6.03 Å². The van der Waals surface area contributed by atoms with E-state index in [1.54, 1.807) is 0 Å². The Bertz CT molecular complexity index is 954. The third-order valence-corrected chi connectivity index (χ3v) is 7.44. The molecule has 28 heavy (non-hydrogen) atoms. The standard InChI is InChI=1S/C19H23N3O5S/c1-11(23)22-16(24)8-9-17(22)28(26,27)21-19(25)20-18-14-6-2-4-12(14)10-13-5-3-7-15(13)18/h10,17H,2-9H2,1H3,(H2,20,21,25). The van der Waals surface area contributed by atoms with Gasteiger partial charge in [0.2, 0.25) is 11.8 Å². The van der Waals surface area contributed by atoms with Crippen LogP contribution in [-0.2, 0) is 45.3 Å². The number of sulfonamides is 1. The van der Waals surface area contributed by atoms with Crippen LogP contribution in [0.25, 0.3) is 0 Å². The predicted octanol–water partition coefficient (Wildman–Crippen LogP) is 1.61. The molecule has 4 amide bonds. The average Bonchev–Trinajstić information content (AvgIpc) is 3.32. The molecule has 1 aromatic carbocycles. The van der Waals surface area contributed by atoms with E-state index < -0.39 is 33.2 Å². The molecule has 8 nitrogen and oxygen atoms in total. The van der Waals surface area contributed by atoms with Crippen molar-refractivity contribution >= 4 is 33.6 Å². The van der Waals surface area contributed by atoms with E-state index in [9.17, 15) is 22.8 Å². The Morgan fingerprint density at radius 1 is 1.04 bits per heavy atom. The van der Waals surface area contributed by atoms with Crippen molar-refractivity contribution in [3.05, 3.63) is 28.3 Å². The number of nitrogens with zero attached hydrogens (tertiary/aromatic N) is 1. The summed E-state index contributed by atoms with van der Waals surface area (Å²) < 4.78 is 27.3. The van der Waals surface area contributed by atoms with Crippen molar-refractivity contribution < 1.29 is 22.8 Å². The molecule has 1 aliphatic heterocycles. The van der Waals surface area contributed by atoms with E-state index in [1.165, 1.54) is 11.1 Å². The summed E-state index contributed by atoms with van der Waals surface area (Å²) >= 11 is 0. The minimum Gasteiger partial charge on any atom is -0.307 e. The number of benzene rings is 1. The fraction of sp³-hybridized carbons (Fsp3) is 0.526. The number of carbonyl (C=O) groups excluding carboxylic acids is 3. The SMILES string of the molecule is CC(=O)N1C(=O)CCC1S(=O)(=O)NC(=O)Nc1c2c(cc3c1CCC3)CCC2. The molecule has 0 bridgehead atoms. The topological polar surface area (TPSA) is 113 Å². The minimum absolute atomic E-state index is 0.0167. The predicted molar refractivity (Wildman–Crippen MR) is 102 cm³/mol. The smallest absolute Gasteiger partial charge is 0.307 e. The summed E-state index contributed by atoms with van der Waals surface area (Å²) in [7, 11) is -4.21. The molecule has 9 heteroatoms. The number of nitrogens with one attached hydrogen (secondary N) is 2. The fourth-order valence-electron chi connectivity index (χ4n) is 4.63. The quantitative estimate of drug-likeness (QED) is 0.793. The molecule has 0 radical (unpaired) electrons. The van der Waals surface area contributed by atoms with Crippen molar-refractivity contribution in [3.63, 3.8) is 0 Å². The summed E-state index contributed by atoms with van der Waals surface area (Å²) in [6.45, 7) is 1.14. The lowest BCUT2D eigenvalue weighted by molar-refractivity contribution is -0.141. The summed E-state index contributed by atoms with van der Waals surface area (Å²) in [6.07, 6.45) is 5.64. The average molecular weight is 405 g/mol. The second kappa shape index (κ2) is 6.88. The van der Waals surface area contributed by atoms with Gasteiger partial charge in [0.25, 0.3) is 10.0 Å². The van der Waals surface area contributed by atoms with E-state index in [2.05, 4.69) is 11.4 Å². The molecular formula is C19H23N3O5S. The molecule has 1 atom stereocenters. The summed E-state index contributed by atoms with van der Waals surface area (Å²) in [5.41, 5.74) is 5.37. The molecule has 1 heterocycles. The van der Waals surface area contributed by atoms with Crippen LogP contribution in [0.2, 0.25) is 0 Å². The van der Waals surface area contributed by atoms with Crippen LogP contribution in [-0.4, -0.2) is 36.5 Å². The highest BCUT2D eigenvalue weighted by Gasteiger charge is 2.43. The number of hydrogen-bond acceptors (Lipinski definition) is 5. The fourth-order valence-corrected chi connectivity index (χ4v) is 6.05. The van der Waals surface area contributed by atoms with Crippen LogP contribution in [0.4, 0.5) is 10.5 Å². The maximum atomic E-state index is 12.6. The van der Waals surface area contributed by atoms with Gasteiger partial charge in [-0.3, -0.25) is 14.5 Å². The molecule has 2 N–H and O–H groups in total. The van der Waals surface area contributed by atoms with Crippen LogP contribution in [0, 0.1) is 0 Å². The number of urea groups is 1. The second-order valence-corrected chi connectivity index (χ2v) is 9.45. The van der Waals surface area contributed by atoms with Gasteiger partial charge in [-0.1, -0.05) is 6.07 Å². The van der Waals surface area contributed by atoms with Crippen molar-refractivity contribution in [2.75, 3.05) is 5.32 Å². The lowest BCUT2D eigenvalue weighted by Crippen LogP contribution is -2.48. The highest BCUT2D eigenvalue weighted by molar-refractivity contribution is 7.90. The molecule has 0 saturated carbocycles. The monoisotopic (exact) mass is 405 g/mol. The Labute approximate surface area is 163 Å².